The lowest BCUT2D eigenvalue weighted by Crippen LogP contribution is -2.20. The molecule has 3 rings (SSSR count). The predicted molar refractivity (Wildman–Crippen MR) is 104 cm³/mol. The highest BCUT2D eigenvalue weighted by Crippen LogP contribution is 2.29. The van der Waals surface area contributed by atoms with E-state index in [2.05, 4.69) is 5.32 Å². The second kappa shape index (κ2) is 8.33. The number of hydrogen-bond donors (Lipinski definition) is 1. The number of anilines is 1. The Kier molecular flexibility index (Phi) is 5.68. The van der Waals surface area contributed by atoms with Crippen molar-refractivity contribution in [1.82, 2.24) is 0 Å². The largest absolute Gasteiger partial charge is 0.482 e. The number of para-hydroxylation sites is 1. The first-order chi connectivity index (χ1) is 13.0. The van der Waals surface area contributed by atoms with Crippen LogP contribution < -0.4 is 10.1 Å². The molecule has 6 nitrogen and oxygen atoms in total. The van der Waals surface area contributed by atoms with Crippen molar-refractivity contribution < 1.29 is 14.5 Å². The Hall–Kier alpha value is -3.38. The molecule has 0 bridgehead atoms. The van der Waals surface area contributed by atoms with Crippen LogP contribution in [0, 0.1) is 10.1 Å². The fourth-order valence-corrected chi connectivity index (χ4v) is 2.74. The van der Waals surface area contributed by atoms with Gasteiger partial charge < -0.3 is 10.1 Å². The van der Waals surface area contributed by atoms with Gasteiger partial charge in [-0.15, -0.1) is 0 Å². The number of hydrogen-bond acceptors (Lipinski definition) is 4. The van der Waals surface area contributed by atoms with Crippen LogP contribution in [0.2, 0.25) is 5.02 Å². The minimum Gasteiger partial charge on any atom is -0.482 e. The van der Waals surface area contributed by atoms with Crippen LogP contribution in [-0.2, 0) is 4.79 Å². The quantitative estimate of drug-likeness (QED) is 0.484. The molecular weight excluding hydrogens is 368 g/mol. The molecule has 7 heteroatoms. The molecule has 0 aliphatic rings. The van der Waals surface area contributed by atoms with Gasteiger partial charge in [-0.3, -0.25) is 14.9 Å². The minimum absolute atomic E-state index is 0.0710. The number of rotatable bonds is 6. The fourth-order valence-electron chi connectivity index (χ4n) is 2.51. The molecule has 0 saturated carbocycles. The van der Waals surface area contributed by atoms with Crippen LogP contribution in [0.3, 0.4) is 0 Å². The minimum atomic E-state index is -0.553. The highest BCUT2D eigenvalue weighted by Gasteiger charge is 2.13. The van der Waals surface area contributed by atoms with Gasteiger partial charge in [0.25, 0.3) is 11.6 Å². The summed E-state index contributed by atoms with van der Waals surface area (Å²) in [7, 11) is 0. The predicted octanol–water partition coefficient (Wildman–Crippen LogP) is 4.93. The Bertz CT molecular complexity index is 977. The second-order valence-electron chi connectivity index (χ2n) is 5.62. The van der Waals surface area contributed by atoms with Crippen LogP contribution in [0.25, 0.3) is 11.1 Å². The van der Waals surface area contributed by atoms with Gasteiger partial charge in [0.1, 0.15) is 5.75 Å². The number of halogens is 1. The third kappa shape index (κ3) is 4.62. The van der Waals surface area contributed by atoms with E-state index in [-0.39, 0.29) is 29.0 Å². The first-order valence-electron chi connectivity index (χ1n) is 8.05. The smallest absolute Gasteiger partial charge is 0.271 e. The molecule has 0 atom stereocenters. The van der Waals surface area contributed by atoms with E-state index >= 15 is 0 Å². The number of nitro groups is 1. The molecule has 0 unspecified atom stereocenters. The molecule has 136 valence electrons. The van der Waals surface area contributed by atoms with E-state index in [1.807, 2.05) is 48.5 Å². The molecule has 0 aliphatic heterocycles. The van der Waals surface area contributed by atoms with E-state index in [1.165, 1.54) is 18.2 Å². The molecule has 1 amide bonds. The zero-order valence-corrected chi connectivity index (χ0v) is 14.8. The summed E-state index contributed by atoms with van der Waals surface area (Å²) in [6.07, 6.45) is 0. The van der Waals surface area contributed by atoms with E-state index in [1.54, 1.807) is 6.07 Å². The number of amides is 1. The maximum Gasteiger partial charge on any atom is 0.271 e. The van der Waals surface area contributed by atoms with Gasteiger partial charge in [-0.05, 0) is 17.7 Å². The summed E-state index contributed by atoms with van der Waals surface area (Å²) < 4.78 is 5.38. The highest BCUT2D eigenvalue weighted by molar-refractivity contribution is 6.32. The standard InChI is InChI=1S/C20H15ClN2O4/c21-17-12-15(23(25)26)10-11-19(17)27-13-20(24)22-18-9-5-4-8-16(18)14-6-2-1-3-7-14/h1-12H,13H2,(H,22,24). The lowest BCUT2D eigenvalue weighted by atomic mass is 10.0. The number of non-ortho nitro benzene ring substituents is 1. The summed E-state index contributed by atoms with van der Waals surface area (Å²) >= 11 is 5.96. The van der Waals surface area contributed by atoms with Crippen molar-refractivity contribution in [1.29, 1.82) is 0 Å². The number of ether oxygens (including phenoxy) is 1. The Morgan fingerprint density at radius 2 is 1.74 bits per heavy atom. The number of benzene rings is 3. The fraction of sp³-hybridized carbons (Fsp3) is 0.0500. The number of nitrogens with zero attached hydrogens (tertiary/aromatic N) is 1. The molecule has 0 heterocycles. The zero-order valence-electron chi connectivity index (χ0n) is 14.1. The molecule has 0 saturated heterocycles. The van der Waals surface area contributed by atoms with Gasteiger partial charge in [0, 0.05) is 23.4 Å². The number of carbonyl (C=O) groups is 1. The summed E-state index contributed by atoms with van der Waals surface area (Å²) in [6.45, 7) is -0.277. The summed E-state index contributed by atoms with van der Waals surface area (Å²) in [5.74, 6) is -0.165. The van der Waals surface area contributed by atoms with Crippen molar-refractivity contribution in [3.05, 3.63) is 87.9 Å². The maximum absolute atomic E-state index is 12.3. The van der Waals surface area contributed by atoms with Crippen LogP contribution >= 0.6 is 11.6 Å². The molecule has 1 N–H and O–H groups in total. The molecule has 3 aromatic rings. The van der Waals surface area contributed by atoms with Gasteiger partial charge in [0.05, 0.1) is 9.95 Å². The SMILES string of the molecule is O=C(COc1ccc([N+](=O)[O-])cc1Cl)Nc1ccccc1-c1ccccc1. The molecule has 0 spiro atoms. The third-order valence-corrected chi connectivity index (χ3v) is 4.07. The molecule has 0 radical (unpaired) electrons. The lowest BCUT2D eigenvalue weighted by molar-refractivity contribution is -0.384. The summed E-state index contributed by atoms with van der Waals surface area (Å²) in [6, 6.07) is 20.9. The zero-order chi connectivity index (χ0) is 19.2. The van der Waals surface area contributed by atoms with Gasteiger partial charge >= 0.3 is 0 Å². The van der Waals surface area contributed by atoms with E-state index in [0.29, 0.717) is 5.69 Å². The van der Waals surface area contributed by atoms with Gasteiger partial charge in [-0.25, -0.2) is 0 Å². The van der Waals surface area contributed by atoms with Gasteiger partial charge in [0.2, 0.25) is 0 Å². The van der Waals surface area contributed by atoms with Crippen molar-refractivity contribution in [2.24, 2.45) is 0 Å². The van der Waals surface area contributed by atoms with Gasteiger partial charge in [-0.2, -0.15) is 0 Å². The first kappa shape index (κ1) is 18.4. The van der Waals surface area contributed by atoms with E-state index < -0.39 is 4.92 Å². The van der Waals surface area contributed by atoms with Crippen LogP contribution in [0.4, 0.5) is 11.4 Å². The van der Waals surface area contributed by atoms with E-state index in [4.69, 9.17) is 16.3 Å². The van der Waals surface area contributed by atoms with E-state index in [9.17, 15) is 14.9 Å². The van der Waals surface area contributed by atoms with Gasteiger partial charge in [0.15, 0.2) is 6.61 Å². The molecule has 0 fully saturated rings. The van der Waals surface area contributed by atoms with Crippen LogP contribution in [0.5, 0.6) is 5.75 Å². The topological polar surface area (TPSA) is 81.5 Å². The molecular formula is C20H15ClN2O4. The van der Waals surface area contributed by atoms with Crippen molar-refractivity contribution in [2.45, 2.75) is 0 Å². The van der Waals surface area contributed by atoms with Gasteiger partial charge in [-0.1, -0.05) is 60.1 Å². The Balaban J connectivity index is 1.68. The molecule has 27 heavy (non-hydrogen) atoms. The van der Waals surface area contributed by atoms with E-state index in [0.717, 1.165) is 11.1 Å². The first-order valence-corrected chi connectivity index (χ1v) is 8.43. The lowest BCUT2D eigenvalue weighted by Gasteiger charge is -2.12. The second-order valence-corrected chi connectivity index (χ2v) is 6.03. The summed E-state index contributed by atoms with van der Waals surface area (Å²) in [4.78, 5) is 22.4. The molecule has 0 aromatic heterocycles. The van der Waals surface area contributed by atoms with Crippen molar-refractivity contribution in [3.63, 3.8) is 0 Å². The van der Waals surface area contributed by atoms with Crippen LogP contribution in [0.1, 0.15) is 0 Å². The Morgan fingerprint density at radius 1 is 1.04 bits per heavy atom. The third-order valence-electron chi connectivity index (χ3n) is 3.77. The van der Waals surface area contributed by atoms with Crippen molar-refractivity contribution >= 4 is 28.9 Å². The maximum atomic E-state index is 12.3. The number of carbonyl (C=O) groups excluding carboxylic acids is 1. The summed E-state index contributed by atoms with van der Waals surface area (Å²) in [5.41, 5.74) is 2.38. The average molecular weight is 383 g/mol. The van der Waals surface area contributed by atoms with Crippen molar-refractivity contribution in [3.8, 4) is 16.9 Å². The monoisotopic (exact) mass is 382 g/mol. The Morgan fingerprint density at radius 3 is 2.44 bits per heavy atom. The van der Waals surface area contributed by atoms with Crippen molar-refractivity contribution in [2.75, 3.05) is 11.9 Å². The normalized spacial score (nSPS) is 10.3. The highest BCUT2D eigenvalue weighted by atomic mass is 35.5. The Labute approximate surface area is 160 Å². The average Bonchev–Trinajstić information content (AvgIpc) is 2.68. The summed E-state index contributed by atoms with van der Waals surface area (Å²) in [5, 5.41) is 13.6. The molecule has 0 aliphatic carbocycles. The molecule has 3 aromatic carbocycles. The van der Waals surface area contributed by atoms with Crippen LogP contribution in [0.15, 0.2) is 72.8 Å². The number of nitro benzene ring substituents is 1. The van der Waals surface area contributed by atoms with Crippen LogP contribution in [-0.4, -0.2) is 17.4 Å². The number of nitrogens with one attached hydrogen (secondary N) is 1.